The molecule has 0 atom stereocenters. The Balaban J connectivity index is 1.75. The van der Waals surface area contributed by atoms with Crippen LogP contribution in [0.3, 0.4) is 0 Å². The first-order valence-electron chi connectivity index (χ1n) is 9.21. The molecule has 3 N–H and O–H groups in total. The highest BCUT2D eigenvalue weighted by Crippen LogP contribution is 2.37. The van der Waals surface area contributed by atoms with E-state index in [2.05, 4.69) is 26.1 Å². The van der Waals surface area contributed by atoms with Crippen molar-refractivity contribution >= 4 is 63.7 Å². The Labute approximate surface area is 209 Å². The maximum Gasteiger partial charge on any atom is 0.416 e. The van der Waals surface area contributed by atoms with Crippen LogP contribution in [-0.2, 0) is 11.0 Å². The predicted octanol–water partition coefficient (Wildman–Crippen LogP) is 5.63. The van der Waals surface area contributed by atoms with Crippen molar-refractivity contribution in [3.63, 3.8) is 0 Å². The number of anilines is 3. The van der Waals surface area contributed by atoms with Crippen LogP contribution in [0.25, 0.3) is 0 Å². The van der Waals surface area contributed by atoms with Gasteiger partial charge in [0.25, 0.3) is 5.91 Å². The SMILES string of the molecule is O=C(COc1ccc(Cl)cc1Cl)NNc1ncnc(Nc2cc(C(F)(F)F)ccc2Cl)c1[N+](=O)[O-]. The van der Waals surface area contributed by atoms with Crippen LogP contribution >= 0.6 is 34.8 Å². The number of nitrogens with one attached hydrogen (secondary N) is 3. The maximum atomic E-state index is 13.0. The largest absolute Gasteiger partial charge is 0.482 e. The lowest BCUT2D eigenvalue weighted by Gasteiger charge is -2.13. The van der Waals surface area contributed by atoms with Crippen LogP contribution in [0.2, 0.25) is 15.1 Å². The zero-order valence-electron chi connectivity index (χ0n) is 17.0. The van der Waals surface area contributed by atoms with Crippen molar-refractivity contribution in [2.75, 3.05) is 17.3 Å². The van der Waals surface area contributed by atoms with Gasteiger partial charge in [-0.05, 0) is 36.4 Å². The number of aromatic nitrogens is 2. The second-order valence-corrected chi connectivity index (χ2v) is 7.78. The number of carbonyl (C=O) groups excluding carboxylic acids is 1. The third kappa shape index (κ3) is 6.74. The number of halogens is 6. The fraction of sp³-hybridized carbons (Fsp3) is 0.105. The fourth-order valence-electron chi connectivity index (χ4n) is 2.56. The molecular weight excluding hydrogens is 540 g/mol. The van der Waals surface area contributed by atoms with Gasteiger partial charge in [0.15, 0.2) is 6.61 Å². The Morgan fingerprint density at radius 3 is 2.43 bits per heavy atom. The van der Waals surface area contributed by atoms with E-state index in [4.69, 9.17) is 39.5 Å². The zero-order valence-corrected chi connectivity index (χ0v) is 19.3. The van der Waals surface area contributed by atoms with Crippen molar-refractivity contribution in [2.24, 2.45) is 0 Å². The average molecular weight is 552 g/mol. The average Bonchev–Trinajstić information content (AvgIpc) is 2.77. The van der Waals surface area contributed by atoms with Gasteiger partial charge in [-0.3, -0.25) is 25.8 Å². The molecule has 1 aromatic heterocycles. The molecule has 184 valence electrons. The van der Waals surface area contributed by atoms with Gasteiger partial charge in [0.05, 0.1) is 26.2 Å². The van der Waals surface area contributed by atoms with Gasteiger partial charge in [-0.15, -0.1) is 0 Å². The van der Waals surface area contributed by atoms with E-state index >= 15 is 0 Å². The van der Waals surface area contributed by atoms with Gasteiger partial charge in [0, 0.05) is 5.02 Å². The number of carbonyl (C=O) groups is 1. The molecule has 0 aliphatic heterocycles. The molecule has 0 saturated carbocycles. The van der Waals surface area contributed by atoms with Crippen LogP contribution in [0.5, 0.6) is 5.75 Å². The molecule has 3 rings (SSSR count). The summed E-state index contributed by atoms with van der Waals surface area (Å²) in [6, 6.07) is 6.74. The number of hydrogen-bond donors (Lipinski definition) is 3. The molecule has 3 aromatic rings. The summed E-state index contributed by atoms with van der Waals surface area (Å²) in [6.07, 6.45) is -3.79. The molecule has 0 radical (unpaired) electrons. The maximum absolute atomic E-state index is 13.0. The van der Waals surface area contributed by atoms with Gasteiger partial charge in [-0.25, -0.2) is 9.97 Å². The van der Waals surface area contributed by atoms with Crippen LogP contribution in [-0.4, -0.2) is 27.4 Å². The molecule has 0 spiro atoms. The Hall–Kier alpha value is -3.55. The molecule has 2 aromatic carbocycles. The van der Waals surface area contributed by atoms with E-state index in [0.29, 0.717) is 11.1 Å². The smallest absolute Gasteiger partial charge is 0.416 e. The summed E-state index contributed by atoms with van der Waals surface area (Å²) >= 11 is 17.7. The summed E-state index contributed by atoms with van der Waals surface area (Å²) in [5, 5.41) is 14.4. The molecule has 0 aliphatic carbocycles. The number of hydrogen-bond acceptors (Lipinski definition) is 8. The molecule has 0 bridgehead atoms. The number of nitro groups is 1. The second kappa shape index (κ2) is 10.8. The summed E-state index contributed by atoms with van der Waals surface area (Å²) in [4.78, 5) is 30.2. The normalized spacial score (nSPS) is 11.0. The minimum atomic E-state index is -4.67. The van der Waals surface area contributed by atoms with Crippen molar-refractivity contribution in [2.45, 2.75) is 6.18 Å². The lowest BCUT2D eigenvalue weighted by atomic mass is 10.2. The summed E-state index contributed by atoms with van der Waals surface area (Å²) in [5.74, 6) is -1.54. The van der Waals surface area contributed by atoms with Crippen LogP contribution < -0.4 is 20.9 Å². The Kier molecular flexibility index (Phi) is 8.04. The molecule has 0 fully saturated rings. The van der Waals surface area contributed by atoms with Crippen molar-refractivity contribution < 1.29 is 27.6 Å². The van der Waals surface area contributed by atoms with E-state index in [1.165, 1.54) is 18.2 Å². The molecule has 1 heterocycles. The fourth-order valence-corrected chi connectivity index (χ4v) is 3.19. The minimum absolute atomic E-state index is 0.147. The van der Waals surface area contributed by atoms with E-state index in [9.17, 15) is 28.1 Å². The molecule has 35 heavy (non-hydrogen) atoms. The minimum Gasteiger partial charge on any atom is -0.482 e. The van der Waals surface area contributed by atoms with Gasteiger partial charge in [-0.2, -0.15) is 13.2 Å². The number of amides is 1. The lowest BCUT2D eigenvalue weighted by Crippen LogP contribution is -2.34. The van der Waals surface area contributed by atoms with E-state index in [0.717, 1.165) is 18.5 Å². The lowest BCUT2D eigenvalue weighted by molar-refractivity contribution is -0.383. The Bertz CT molecular complexity index is 1280. The van der Waals surface area contributed by atoms with Crippen molar-refractivity contribution in [3.05, 3.63) is 73.5 Å². The highest BCUT2D eigenvalue weighted by Gasteiger charge is 2.31. The predicted molar refractivity (Wildman–Crippen MR) is 122 cm³/mol. The van der Waals surface area contributed by atoms with E-state index in [1.54, 1.807) is 0 Å². The summed E-state index contributed by atoms with van der Waals surface area (Å²) in [5.41, 5.74) is 2.30. The monoisotopic (exact) mass is 550 g/mol. The highest BCUT2D eigenvalue weighted by atomic mass is 35.5. The first kappa shape index (κ1) is 26.1. The first-order valence-corrected chi connectivity index (χ1v) is 10.3. The van der Waals surface area contributed by atoms with E-state index < -0.39 is 46.5 Å². The molecule has 0 aliphatic rings. The van der Waals surface area contributed by atoms with Crippen LogP contribution in [0, 0.1) is 10.1 Å². The van der Waals surface area contributed by atoms with Crippen molar-refractivity contribution in [1.29, 1.82) is 0 Å². The quantitative estimate of drug-likeness (QED) is 0.242. The standard InChI is InChI=1S/C19H12Cl3F3N6O4/c20-10-2-4-14(12(22)6-10)35-7-15(32)29-30-18-16(31(33)34)17(26-8-27-18)28-13-5-9(19(23,24)25)1-3-11(13)21/h1-6,8H,7H2,(H,29,32)(H2,26,27,28,30). The first-order chi connectivity index (χ1) is 16.5. The summed E-state index contributed by atoms with van der Waals surface area (Å²) in [7, 11) is 0. The van der Waals surface area contributed by atoms with Gasteiger partial charge < -0.3 is 10.1 Å². The van der Waals surface area contributed by atoms with Gasteiger partial charge in [0.1, 0.15) is 12.1 Å². The third-order valence-corrected chi connectivity index (χ3v) is 4.98. The van der Waals surface area contributed by atoms with Crippen molar-refractivity contribution in [3.8, 4) is 5.75 Å². The molecule has 1 amide bonds. The number of ether oxygens (including phenoxy) is 1. The van der Waals surface area contributed by atoms with Crippen LogP contribution in [0.1, 0.15) is 5.56 Å². The summed E-state index contributed by atoms with van der Waals surface area (Å²) < 4.78 is 44.3. The topological polar surface area (TPSA) is 131 Å². The van der Waals surface area contributed by atoms with E-state index in [-0.39, 0.29) is 21.5 Å². The molecular formula is C19H12Cl3F3N6O4. The number of benzene rings is 2. The van der Waals surface area contributed by atoms with Crippen LogP contribution in [0.15, 0.2) is 42.7 Å². The van der Waals surface area contributed by atoms with Gasteiger partial charge in [-0.1, -0.05) is 34.8 Å². The summed E-state index contributed by atoms with van der Waals surface area (Å²) in [6.45, 7) is -0.530. The molecule has 16 heteroatoms. The third-order valence-electron chi connectivity index (χ3n) is 4.12. The molecule has 0 unspecified atom stereocenters. The number of rotatable bonds is 8. The Morgan fingerprint density at radius 1 is 1.06 bits per heavy atom. The van der Waals surface area contributed by atoms with Gasteiger partial charge >= 0.3 is 11.9 Å². The van der Waals surface area contributed by atoms with Gasteiger partial charge in [0.2, 0.25) is 11.6 Å². The van der Waals surface area contributed by atoms with E-state index in [1.807, 2.05) is 0 Å². The molecule has 10 nitrogen and oxygen atoms in total. The number of nitrogens with zero attached hydrogens (tertiary/aromatic N) is 3. The Morgan fingerprint density at radius 2 is 1.77 bits per heavy atom. The highest BCUT2D eigenvalue weighted by molar-refractivity contribution is 6.35. The second-order valence-electron chi connectivity index (χ2n) is 6.53. The van der Waals surface area contributed by atoms with Crippen LogP contribution in [0.4, 0.5) is 36.2 Å². The number of alkyl halides is 3. The molecule has 0 saturated heterocycles. The number of hydrazine groups is 1. The van der Waals surface area contributed by atoms with Crippen molar-refractivity contribution in [1.82, 2.24) is 15.4 Å². The zero-order chi connectivity index (χ0) is 25.8.